The minimum Gasteiger partial charge on any atom is -0.380 e. The highest BCUT2D eigenvalue weighted by Crippen LogP contribution is 2.33. The van der Waals surface area contributed by atoms with E-state index < -0.39 is 0 Å². The van der Waals surface area contributed by atoms with Gasteiger partial charge in [0, 0.05) is 18.2 Å². The molecule has 0 bridgehead atoms. The molecular weight excluding hydrogens is 268 g/mol. The van der Waals surface area contributed by atoms with E-state index in [9.17, 15) is 0 Å². The number of anilines is 1. The largest absolute Gasteiger partial charge is 0.380 e. The molecular formula is C11H12Cl3NO. The van der Waals surface area contributed by atoms with Gasteiger partial charge in [-0.1, -0.05) is 34.8 Å². The lowest BCUT2D eigenvalue weighted by Gasteiger charge is -2.14. The second kappa shape index (κ2) is 5.46. The molecule has 16 heavy (non-hydrogen) atoms. The Labute approximate surface area is 110 Å². The molecule has 1 heterocycles. The minimum atomic E-state index is 0.253. The topological polar surface area (TPSA) is 21.3 Å². The monoisotopic (exact) mass is 279 g/mol. The summed E-state index contributed by atoms with van der Waals surface area (Å²) >= 11 is 17.9. The molecule has 0 aromatic heterocycles. The number of hydrogen-bond acceptors (Lipinski definition) is 2. The lowest BCUT2D eigenvalue weighted by Crippen LogP contribution is -2.18. The van der Waals surface area contributed by atoms with E-state index in [1.54, 1.807) is 12.1 Å². The second-order valence-corrected chi connectivity index (χ2v) is 5.01. The molecule has 1 aromatic carbocycles. The molecule has 1 aromatic rings. The number of benzene rings is 1. The van der Waals surface area contributed by atoms with Crippen LogP contribution >= 0.6 is 34.8 Å². The molecule has 0 amide bonds. The molecule has 1 aliphatic rings. The fraction of sp³-hybridized carbons (Fsp3) is 0.455. The van der Waals surface area contributed by atoms with E-state index >= 15 is 0 Å². The molecule has 88 valence electrons. The standard InChI is InChI=1S/C11H12Cl3NO/c12-7-4-9(13)11(10(14)5-7)15-6-8-2-1-3-16-8/h4-5,8,15H,1-3,6H2. The quantitative estimate of drug-likeness (QED) is 0.894. The van der Waals surface area contributed by atoms with Gasteiger partial charge in [0.15, 0.2) is 0 Å². The van der Waals surface area contributed by atoms with Crippen LogP contribution in [-0.4, -0.2) is 19.3 Å². The van der Waals surface area contributed by atoms with Crippen LogP contribution in [0.15, 0.2) is 12.1 Å². The van der Waals surface area contributed by atoms with E-state index in [0.29, 0.717) is 15.1 Å². The number of nitrogens with one attached hydrogen (secondary N) is 1. The molecule has 1 fully saturated rings. The van der Waals surface area contributed by atoms with Crippen LogP contribution in [0.25, 0.3) is 0 Å². The fourth-order valence-corrected chi connectivity index (χ4v) is 2.68. The lowest BCUT2D eigenvalue weighted by atomic mass is 10.2. The Bertz CT molecular complexity index is 354. The minimum absolute atomic E-state index is 0.253. The number of halogens is 3. The number of ether oxygens (including phenoxy) is 1. The predicted molar refractivity (Wildman–Crippen MR) is 68.9 cm³/mol. The van der Waals surface area contributed by atoms with Crippen LogP contribution in [0.3, 0.4) is 0 Å². The molecule has 1 unspecified atom stereocenters. The fourth-order valence-electron chi connectivity index (χ4n) is 1.73. The lowest BCUT2D eigenvalue weighted by molar-refractivity contribution is 0.120. The van der Waals surface area contributed by atoms with Gasteiger partial charge in [-0.15, -0.1) is 0 Å². The highest BCUT2D eigenvalue weighted by Gasteiger charge is 2.16. The SMILES string of the molecule is Clc1cc(Cl)c(NCC2CCCO2)c(Cl)c1. The van der Waals surface area contributed by atoms with Crippen molar-refractivity contribution in [3.8, 4) is 0 Å². The van der Waals surface area contributed by atoms with Crippen LogP contribution in [0.1, 0.15) is 12.8 Å². The Balaban J connectivity index is 2.03. The summed E-state index contributed by atoms with van der Waals surface area (Å²) in [6.45, 7) is 1.56. The summed E-state index contributed by atoms with van der Waals surface area (Å²) in [5.74, 6) is 0. The van der Waals surface area contributed by atoms with Crippen molar-refractivity contribution in [3.63, 3.8) is 0 Å². The highest BCUT2D eigenvalue weighted by atomic mass is 35.5. The third kappa shape index (κ3) is 2.95. The van der Waals surface area contributed by atoms with Gasteiger partial charge >= 0.3 is 0 Å². The van der Waals surface area contributed by atoms with Crippen LogP contribution in [-0.2, 0) is 4.74 Å². The van der Waals surface area contributed by atoms with Crippen LogP contribution in [0.4, 0.5) is 5.69 Å². The van der Waals surface area contributed by atoms with Crippen molar-refractivity contribution in [2.45, 2.75) is 18.9 Å². The van der Waals surface area contributed by atoms with E-state index in [2.05, 4.69) is 5.32 Å². The van der Waals surface area contributed by atoms with Gasteiger partial charge in [0.1, 0.15) is 0 Å². The van der Waals surface area contributed by atoms with Crippen molar-refractivity contribution >= 4 is 40.5 Å². The van der Waals surface area contributed by atoms with Crippen molar-refractivity contribution in [2.75, 3.05) is 18.5 Å². The summed E-state index contributed by atoms with van der Waals surface area (Å²) in [6.07, 6.45) is 2.45. The summed E-state index contributed by atoms with van der Waals surface area (Å²) in [6, 6.07) is 3.35. The van der Waals surface area contributed by atoms with Gasteiger partial charge in [-0.2, -0.15) is 0 Å². The first kappa shape index (κ1) is 12.3. The first-order valence-corrected chi connectivity index (χ1v) is 6.30. The summed E-state index contributed by atoms with van der Waals surface area (Å²) in [4.78, 5) is 0. The van der Waals surface area contributed by atoms with Gasteiger partial charge < -0.3 is 10.1 Å². The average Bonchev–Trinajstić information content (AvgIpc) is 2.68. The Morgan fingerprint density at radius 3 is 2.50 bits per heavy atom. The first-order valence-electron chi connectivity index (χ1n) is 5.17. The molecule has 2 nitrogen and oxygen atoms in total. The van der Waals surface area contributed by atoms with E-state index in [1.165, 1.54) is 0 Å². The maximum Gasteiger partial charge on any atom is 0.0748 e. The van der Waals surface area contributed by atoms with E-state index in [0.717, 1.165) is 31.7 Å². The number of hydrogen-bond donors (Lipinski definition) is 1. The van der Waals surface area contributed by atoms with Gasteiger partial charge in [-0.3, -0.25) is 0 Å². The zero-order chi connectivity index (χ0) is 11.5. The molecule has 0 radical (unpaired) electrons. The maximum absolute atomic E-state index is 6.05. The van der Waals surface area contributed by atoms with E-state index in [1.807, 2.05) is 0 Å². The van der Waals surface area contributed by atoms with E-state index in [4.69, 9.17) is 39.5 Å². The highest BCUT2D eigenvalue weighted by molar-refractivity contribution is 6.41. The normalized spacial score (nSPS) is 20.1. The molecule has 0 spiro atoms. The van der Waals surface area contributed by atoms with E-state index in [-0.39, 0.29) is 6.10 Å². The third-order valence-corrected chi connectivity index (χ3v) is 3.35. The molecule has 5 heteroatoms. The third-order valence-electron chi connectivity index (χ3n) is 2.54. The van der Waals surface area contributed by atoms with Crippen LogP contribution in [0, 0.1) is 0 Å². The van der Waals surface area contributed by atoms with Crippen molar-refractivity contribution < 1.29 is 4.74 Å². The van der Waals surface area contributed by atoms with Crippen LogP contribution < -0.4 is 5.32 Å². The van der Waals surface area contributed by atoms with Crippen molar-refractivity contribution in [1.82, 2.24) is 0 Å². The van der Waals surface area contributed by atoms with Crippen molar-refractivity contribution in [3.05, 3.63) is 27.2 Å². The Morgan fingerprint density at radius 1 is 1.25 bits per heavy atom. The zero-order valence-electron chi connectivity index (χ0n) is 8.60. The van der Waals surface area contributed by atoms with Crippen molar-refractivity contribution in [2.24, 2.45) is 0 Å². The van der Waals surface area contributed by atoms with Crippen molar-refractivity contribution in [1.29, 1.82) is 0 Å². The van der Waals surface area contributed by atoms with Crippen LogP contribution in [0.5, 0.6) is 0 Å². The smallest absolute Gasteiger partial charge is 0.0748 e. The molecule has 1 aliphatic heterocycles. The predicted octanol–water partition coefficient (Wildman–Crippen LogP) is 4.24. The van der Waals surface area contributed by atoms with Gasteiger partial charge in [0.2, 0.25) is 0 Å². The van der Waals surface area contributed by atoms with Gasteiger partial charge in [0.25, 0.3) is 0 Å². The molecule has 1 saturated heterocycles. The molecule has 2 rings (SSSR count). The Hall–Kier alpha value is -0.150. The molecule has 1 atom stereocenters. The summed E-state index contributed by atoms with van der Waals surface area (Å²) in [5, 5.41) is 4.82. The molecule has 0 saturated carbocycles. The van der Waals surface area contributed by atoms with Gasteiger partial charge in [-0.25, -0.2) is 0 Å². The van der Waals surface area contributed by atoms with Gasteiger partial charge in [0.05, 0.1) is 21.8 Å². The van der Waals surface area contributed by atoms with Gasteiger partial charge in [-0.05, 0) is 25.0 Å². The maximum atomic E-state index is 6.05. The second-order valence-electron chi connectivity index (χ2n) is 3.76. The summed E-state index contributed by atoms with van der Waals surface area (Å²) in [5.41, 5.74) is 0.725. The first-order chi connectivity index (χ1) is 7.66. The Morgan fingerprint density at radius 2 is 1.94 bits per heavy atom. The Kier molecular flexibility index (Phi) is 4.20. The average molecular weight is 281 g/mol. The summed E-state index contributed by atoms with van der Waals surface area (Å²) < 4.78 is 5.50. The zero-order valence-corrected chi connectivity index (χ0v) is 10.9. The summed E-state index contributed by atoms with van der Waals surface area (Å²) in [7, 11) is 0. The molecule has 0 aliphatic carbocycles. The van der Waals surface area contributed by atoms with Crippen LogP contribution in [0.2, 0.25) is 15.1 Å². The molecule has 1 N–H and O–H groups in total. The number of rotatable bonds is 3.